The Morgan fingerprint density at radius 3 is 2.23 bits per heavy atom. The van der Waals surface area contributed by atoms with Gasteiger partial charge in [0.2, 0.25) is 0 Å². The maximum Gasteiger partial charge on any atom is 0.257 e. The van der Waals surface area contributed by atoms with Crippen LogP contribution in [0.4, 0.5) is 14.5 Å². The van der Waals surface area contributed by atoms with Gasteiger partial charge in [-0.3, -0.25) is 9.69 Å². The van der Waals surface area contributed by atoms with E-state index < -0.39 is 6.04 Å². The highest BCUT2D eigenvalue weighted by Crippen LogP contribution is 2.34. The van der Waals surface area contributed by atoms with Crippen LogP contribution < -0.4 is 4.90 Å². The number of carbonyl (C=O) groups excluding carboxylic acids is 1. The molecule has 3 aromatic rings. The van der Waals surface area contributed by atoms with E-state index in [9.17, 15) is 13.6 Å². The molecule has 0 aliphatic carbocycles. The van der Waals surface area contributed by atoms with Crippen LogP contribution in [0.15, 0.2) is 77.9 Å². The largest absolute Gasteiger partial charge is 0.367 e. The third-order valence-electron chi connectivity index (χ3n) is 6.74. The van der Waals surface area contributed by atoms with Crippen molar-refractivity contribution in [2.45, 2.75) is 19.4 Å². The number of rotatable bonds is 5. The summed E-state index contributed by atoms with van der Waals surface area (Å²) >= 11 is 0. The number of aryl methyl sites for hydroxylation is 1. The molecule has 1 unspecified atom stereocenters. The molecule has 3 aromatic carbocycles. The third-order valence-corrected chi connectivity index (χ3v) is 6.74. The van der Waals surface area contributed by atoms with Crippen LogP contribution >= 0.6 is 0 Å². The minimum Gasteiger partial charge on any atom is -0.367 e. The van der Waals surface area contributed by atoms with Crippen molar-refractivity contribution >= 4 is 17.3 Å². The zero-order chi connectivity index (χ0) is 24.4. The van der Waals surface area contributed by atoms with Crippen LogP contribution in [0.3, 0.4) is 0 Å². The van der Waals surface area contributed by atoms with Crippen LogP contribution in [-0.4, -0.2) is 54.3 Å². The number of para-hydroxylation sites is 1. The molecule has 0 spiro atoms. The Morgan fingerprint density at radius 2 is 1.54 bits per heavy atom. The van der Waals surface area contributed by atoms with Crippen molar-refractivity contribution < 1.29 is 13.6 Å². The second-order valence-corrected chi connectivity index (χ2v) is 9.11. The Labute approximate surface area is 204 Å². The van der Waals surface area contributed by atoms with E-state index in [1.54, 1.807) is 30.3 Å². The van der Waals surface area contributed by atoms with E-state index in [2.05, 4.69) is 10.0 Å². The average Bonchev–Trinajstić information content (AvgIpc) is 3.31. The minimum absolute atomic E-state index is 0.167. The topological polar surface area (TPSA) is 39.2 Å². The summed E-state index contributed by atoms with van der Waals surface area (Å²) in [4.78, 5) is 17.5. The normalized spacial score (nSPS) is 18.6. The molecule has 2 heterocycles. The van der Waals surface area contributed by atoms with Gasteiger partial charge >= 0.3 is 0 Å². The fraction of sp³-hybridized carbons (Fsp3) is 0.286. The van der Waals surface area contributed by atoms with Gasteiger partial charge in [-0.15, -0.1) is 0 Å². The second kappa shape index (κ2) is 9.96. The number of hydrogen-bond acceptors (Lipinski definition) is 4. The highest BCUT2D eigenvalue weighted by Gasteiger charge is 2.35. The van der Waals surface area contributed by atoms with Crippen LogP contribution in [0.1, 0.15) is 29.2 Å². The molecular formula is C28H28F2N4O. The number of nitrogens with zero attached hydrogens (tertiary/aromatic N) is 4. The number of anilines is 1. The van der Waals surface area contributed by atoms with E-state index in [4.69, 9.17) is 0 Å². The molecule has 0 radical (unpaired) electrons. The molecule has 0 N–H and O–H groups in total. The Balaban J connectivity index is 1.32. The molecule has 5 nitrogen and oxygen atoms in total. The summed E-state index contributed by atoms with van der Waals surface area (Å²) in [7, 11) is 0. The van der Waals surface area contributed by atoms with Gasteiger partial charge in [-0.05, 0) is 30.7 Å². The number of halogens is 2. The lowest BCUT2D eigenvalue weighted by Gasteiger charge is -2.36. The van der Waals surface area contributed by atoms with E-state index in [0.717, 1.165) is 16.8 Å². The molecule has 7 heteroatoms. The maximum absolute atomic E-state index is 14.7. The summed E-state index contributed by atoms with van der Waals surface area (Å²) in [6.45, 7) is 4.72. The molecule has 1 atom stereocenters. The van der Waals surface area contributed by atoms with Crippen molar-refractivity contribution in [3.05, 3.63) is 101 Å². The Bertz CT molecular complexity index is 1240. The smallest absolute Gasteiger partial charge is 0.257 e. The van der Waals surface area contributed by atoms with Gasteiger partial charge in [-0.1, -0.05) is 60.2 Å². The first-order valence-corrected chi connectivity index (χ1v) is 11.9. The third kappa shape index (κ3) is 4.95. The summed E-state index contributed by atoms with van der Waals surface area (Å²) < 4.78 is 28.9. The molecule has 1 amide bonds. The van der Waals surface area contributed by atoms with Gasteiger partial charge in [-0.2, -0.15) is 5.10 Å². The molecule has 2 aliphatic rings. The summed E-state index contributed by atoms with van der Waals surface area (Å²) in [5.41, 5.74) is 3.91. The maximum atomic E-state index is 14.7. The predicted octanol–water partition coefficient (Wildman–Crippen LogP) is 4.77. The predicted molar refractivity (Wildman–Crippen MR) is 133 cm³/mol. The van der Waals surface area contributed by atoms with Crippen LogP contribution in [0.5, 0.6) is 0 Å². The lowest BCUT2D eigenvalue weighted by Crippen LogP contribution is -2.49. The molecule has 35 heavy (non-hydrogen) atoms. The van der Waals surface area contributed by atoms with Gasteiger partial charge in [-0.25, -0.2) is 13.8 Å². The van der Waals surface area contributed by atoms with Gasteiger partial charge in [0.05, 0.1) is 24.0 Å². The molecule has 0 bridgehead atoms. The van der Waals surface area contributed by atoms with Crippen molar-refractivity contribution in [1.29, 1.82) is 0 Å². The van der Waals surface area contributed by atoms with Crippen LogP contribution in [-0.2, 0) is 4.79 Å². The number of hydrogen-bond donors (Lipinski definition) is 0. The molecule has 0 saturated carbocycles. The van der Waals surface area contributed by atoms with Crippen molar-refractivity contribution in [3.63, 3.8) is 0 Å². The molecule has 2 aliphatic heterocycles. The van der Waals surface area contributed by atoms with E-state index >= 15 is 0 Å². The van der Waals surface area contributed by atoms with Crippen molar-refractivity contribution in [3.8, 4) is 0 Å². The monoisotopic (exact) mass is 474 g/mol. The molecular weight excluding hydrogens is 446 g/mol. The van der Waals surface area contributed by atoms with Gasteiger partial charge in [0, 0.05) is 38.2 Å². The first-order chi connectivity index (χ1) is 17.0. The molecule has 1 saturated heterocycles. The highest BCUT2D eigenvalue weighted by molar-refractivity contribution is 6.03. The first kappa shape index (κ1) is 23.2. The second-order valence-electron chi connectivity index (χ2n) is 9.11. The first-order valence-electron chi connectivity index (χ1n) is 11.9. The highest BCUT2D eigenvalue weighted by atomic mass is 19.1. The minimum atomic E-state index is -0.486. The summed E-state index contributed by atoms with van der Waals surface area (Å²) in [5.74, 6) is -0.742. The molecule has 0 aromatic heterocycles. The SMILES string of the molecule is Cc1ccc(C2=NN(C(=O)CN3CCN(c4ccccc4F)CC3)C(c3ccccc3F)C2)cc1. The number of hydrazone groups is 1. The molecule has 5 rings (SSSR count). The van der Waals surface area contributed by atoms with E-state index in [-0.39, 0.29) is 24.1 Å². The standard InChI is InChI=1S/C28H28F2N4O/c1-20-10-12-21(13-11-20)25-18-27(22-6-2-3-7-23(22)29)34(31-25)28(35)19-32-14-16-33(17-15-32)26-9-5-4-8-24(26)30/h2-13,27H,14-19H2,1H3. The lowest BCUT2D eigenvalue weighted by molar-refractivity contribution is -0.134. The van der Waals surface area contributed by atoms with Crippen LogP contribution in [0.2, 0.25) is 0 Å². The Kier molecular flexibility index (Phi) is 6.59. The zero-order valence-corrected chi connectivity index (χ0v) is 19.7. The molecule has 180 valence electrons. The van der Waals surface area contributed by atoms with Crippen LogP contribution in [0, 0.1) is 18.6 Å². The zero-order valence-electron chi connectivity index (χ0n) is 19.7. The number of benzene rings is 3. The fourth-order valence-corrected chi connectivity index (χ4v) is 4.77. The van der Waals surface area contributed by atoms with Gasteiger partial charge in [0.15, 0.2) is 0 Å². The lowest BCUT2D eigenvalue weighted by atomic mass is 9.97. The Morgan fingerprint density at radius 1 is 0.886 bits per heavy atom. The quantitative estimate of drug-likeness (QED) is 0.535. The van der Waals surface area contributed by atoms with Crippen molar-refractivity contribution in [2.24, 2.45) is 5.10 Å². The number of carbonyl (C=O) groups is 1. The van der Waals surface area contributed by atoms with E-state index in [1.165, 1.54) is 17.1 Å². The van der Waals surface area contributed by atoms with Crippen LogP contribution in [0.25, 0.3) is 0 Å². The van der Waals surface area contributed by atoms with Gasteiger partial charge in [0.1, 0.15) is 11.6 Å². The van der Waals surface area contributed by atoms with E-state index in [1.807, 2.05) is 42.2 Å². The summed E-state index contributed by atoms with van der Waals surface area (Å²) in [5, 5.41) is 6.13. The summed E-state index contributed by atoms with van der Waals surface area (Å²) in [6, 6.07) is 20.8. The summed E-state index contributed by atoms with van der Waals surface area (Å²) in [6.07, 6.45) is 0.455. The van der Waals surface area contributed by atoms with Gasteiger partial charge in [0.25, 0.3) is 5.91 Å². The molecule has 1 fully saturated rings. The number of amides is 1. The van der Waals surface area contributed by atoms with E-state index in [0.29, 0.717) is 43.9 Å². The van der Waals surface area contributed by atoms with Crippen molar-refractivity contribution in [1.82, 2.24) is 9.91 Å². The number of piperazine rings is 1. The van der Waals surface area contributed by atoms with Gasteiger partial charge < -0.3 is 4.90 Å². The Hall–Kier alpha value is -3.58. The van der Waals surface area contributed by atoms with Crippen molar-refractivity contribution in [2.75, 3.05) is 37.6 Å². The average molecular weight is 475 g/mol. The fourth-order valence-electron chi connectivity index (χ4n) is 4.77.